The van der Waals surface area contributed by atoms with E-state index in [9.17, 15) is 5.26 Å². The van der Waals surface area contributed by atoms with Crippen LogP contribution in [0.1, 0.15) is 11.1 Å². The van der Waals surface area contributed by atoms with Crippen molar-refractivity contribution in [1.29, 1.82) is 5.26 Å². The van der Waals surface area contributed by atoms with Gasteiger partial charge in [-0.1, -0.05) is 42.0 Å². The lowest BCUT2D eigenvalue weighted by Crippen LogP contribution is -1.87. The summed E-state index contributed by atoms with van der Waals surface area (Å²) in [5.41, 5.74) is 6.04. The largest absolute Gasteiger partial charge is 0.264 e. The maximum absolute atomic E-state index is 9.31. The first-order chi connectivity index (χ1) is 10.3. The third-order valence-corrected chi connectivity index (χ3v) is 3.50. The van der Waals surface area contributed by atoms with Gasteiger partial charge < -0.3 is 0 Å². The van der Waals surface area contributed by atoms with Crippen molar-refractivity contribution in [2.24, 2.45) is 0 Å². The second-order valence-electron chi connectivity index (χ2n) is 4.98. The maximum Gasteiger partial charge on any atom is 0.0998 e. The van der Waals surface area contributed by atoms with Crippen LogP contribution in [-0.4, -0.2) is 4.98 Å². The third kappa shape index (κ3) is 2.68. The molecule has 3 aromatic rings. The minimum absolute atomic E-state index is 0.666. The van der Waals surface area contributed by atoms with E-state index in [1.165, 1.54) is 5.56 Å². The molecule has 2 heteroatoms. The molecule has 0 saturated carbocycles. The van der Waals surface area contributed by atoms with Crippen molar-refractivity contribution >= 4 is 0 Å². The van der Waals surface area contributed by atoms with Crippen molar-refractivity contribution in [2.75, 3.05) is 0 Å². The van der Waals surface area contributed by atoms with E-state index in [0.29, 0.717) is 5.56 Å². The van der Waals surface area contributed by atoms with E-state index in [1.807, 2.05) is 24.3 Å². The highest BCUT2D eigenvalue weighted by Crippen LogP contribution is 2.29. The fourth-order valence-electron chi connectivity index (χ4n) is 2.33. The summed E-state index contributed by atoms with van der Waals surface area (Å²) in [4.78, 5) is 4.14. The Balaban J connectivity index is 2.14. The maximum atomic E-state index is 9.31. The van der Waals surface area contributed by atoms with Crippen LogP contribution in [0.5, 0.6) is 0 Å². The summed E-state index contributed by atoms with van der Waals surface area (Å²) in [6, 6.07) is 20.4. The Labute approximate surface area is 124 Å². The Kier molecular flexibility index (Phi) is 3.49. The van der Waals surface area contributed by atoms with E-state index in [1.54, 1.807) is 12.4 Å². The summed E-state index contributed by atoms with van der Waals surface area (Å²) in [6.07, 6.45) is 3.52. The van der Waals surface area contributed by atoms with Crippen LogP contribution >= 0.6 is 0 Å². The van der Waals surface area contributed by atoms with Crippen LogP contribution in [0, 0.1) is 18.3 Å². The number of pyridine rings is 1. The van der Waals surface area contributed by atoms with Crippen molar-refractivity contribution < 1.29 is 0 Å². The lowest BCUT2D eigenvalue weighted by Gasteiger charge is -2.08. The Morgan fingerprint density at radius 1 is 0.905 bits per heavy atom. The van der Waals surface area contributed by atoms with Crippen LogP contribution in [0.25, 0.3) is 22.3 Å². The molecular formula is C19H14N2. The number of nitriles is 1. The van der Waals surface area contributed by atoms with Crippen molar-refractivity contribution in [2.45, 2.75) is 6.92 Å². The van der Waals surface area contributed by atoms with E-state index in [4.69, 9.17) is 0 Å². The quantitative estimate of drug-likeness (QED) is 0.682. The Hall–Kier alpha value is -2.92. The molecule has 100 valence electrons. The zero-order chi connectivity index (χ0) is 14.7. The van der Waals surface area contributed by atoms with Crippen LogP contribution in [0.3, 0.4) is 0 Å². The zero-order valence-corrected chi connectivity index (χ0v) is 11.7. The van der Waals surface area contributed by atoms with Crippen molar-refractivity contribution in [3.8, 4) is 28.3 Å². The van der Waals surface area contributed by atoms with E-state index in [2.05, 4.69) is 48.3 Å². The first-order valence-corrected chi connectivity index (χ1v) is 6.79. The smallest absolute Gasteiger partial charge is 0.0998 e. The molecular weight excluding hydrogens is 256 g/mol. The highest BCUT2D eigenvalue weighted by Gasteiger charge is 2.07. The number of hydrogen-bond donors (Lipinski definition) is 0. The minimum atomic E-state index is 0.666. The van der Waals surface area contributed by atoms with Gasteiger partial charge in [0, 0.05) is 23.5 Å². The number of aryl methyl sites for hydroxylation is 1. The molecule has 0 saturated heterocycles. The van der Waals surface area contributed by atoms with Crippen molar-refractivity contribution in [1.82, 2.24) is 4.98 Å². The molecule has 0 aliphatic heterocycles. The summed E-state index contributed by atoms with van der Waals surface area (Å²) in [6.45, 7) is 2.07. The van der Waals surface area contributed by atoms with Crippen molar-refractivity contribution in [3.05, 3.63) is 78.1 Å². The van der Waals surface area contributed by atoms with Crippen LogP contribution in [0.4, 0.5) is 0 Å². The van der Waals surface area contributed by atoms with Crippen LogP contribution in [0.15, 0.2) is 67.0 Å². The molecule has 0 fully saturated rings. The molecule has 3 rings (SSSR count). The van der Waals surface area contributed by atoms with Gasteiger partial charge in [-0.2, -0.15) is 5.26 Å². The average Bonchev–Trinajstić information content (AvgIpc) is 2.56. The Bertz CT molecular complexity index is 797. The fourth-order valence-corrected chi connectivity index (χ4v) is 2.33. The first kappa shape index (κ1) is 13.1. The Morgan fingerprint density at radius 2 is 1.67 bits per heavy atom. The molecule has 0 N–H and O–H groups in total. The highest BCUT2D eigenvalue weighted by atomic mass is 14.6. The molecule has 0 spiro atoms. The normalized spacial score (nSPS) is 10.1. The predicted molar refractivity (Wildman–Crippen MR) is 84.6 cm³/mol. The first-order valence-electron chi connectivity index (χ1n) is 6.79. The summed E-state index contributed by atoms with van der Waals surface area (Å²) in [7, 11) is 0. The van der Waals surface area contributed by atoms with Gasteiger partial charge in [-0.25, -0.2) is 0 Å². The van der Waals surface area contributed by atoms with Gasteiger partial charge in [0.05, 0.1) is 11.6 Å². The van der Waals surface area contributed by atoms with Crippen LogP contribution < -0.4 is 0 Å². The topological polar surface area (TPSA) is 36.7 Å². The summed E-state index contributed by atoms with van der Waals surface area (Å²) < 4.78 is 0. The molecule has 21 heavy (non-hydrogen) atoms. The minimum Gasteiger partial charge on any atom is -0.264 e. The number of nitrogens with zero attached hydrogens (tertiary/aromatic N) is 2. The van der Waals surface area contributed by atoms with E-state index in [-0.39, 0.29) is 0 Å². The summed E-state index contributed by atoms with van der Waals surface area (Å²) in [5.74, 6) is 0. The van der Waals surface area contributed by atoms with Gasteiger partial charge in [0.25, 0.3) is 0 Å². The monoisotopic (exact) mass is 270 g/mol. The van der Waals surface area contributed by atoms with Crippen LogP contribution in [0.2, 0.25) is 0 Å². The lowest BCUT2D eigenvalue weighted by molar-refractivity contribution is 1.33. The van der Waals surface area contributed by atoms with Gasteiger partial charge in [0.1, 0.15) is 0 Å². The van der Waals surface area contributed by atoms with Gasteiger partial charge in [0.15, 0.2) is 0 Å². The predicted octanol–water partition coefficient (Wildman–Crippen LogP) is 4.60. The molecule has 0 bridgehead atoms. The van der Waals surface area contributed by atoms with E-state index >= 15 is 0 Å². The second kappa shape index (κ2) is 5.60. The van der Waals surface area contributed by atoms with Gasteiger partial charge in [-0.05, 0) is 36.2 Å². The van der Waals surface area contributed by atoms with Gasteiger partial charge >= 0.3 is 0 Å². The molecule has 1 aromatic heterocycles. The molecule has 0 atom stereocenters. The molecule has 0 aliphatic carbocycles. The molecule has 0 unspecified atom stereocenters. The number of hydrogen-bond acceptors (Lipinski definition) is 2. The average molecular weight is 270 g/mol. The summed E-state index contributed by atoms with van der Waals surface area (Å²) >= 11 is 0. The molecule has 0 aliphatic rings. The number of rotatable bonds is 2. The molecule has 0 radical (unpaired) electrons. The van der Waals surface area contributed by atoms with E-state index in [0.717, 1.165) is 22.3 Å². The van der Waals surface area contributed by atoms with Crippen LogP contribution in [-0.2, 0) is 0 Å². The van der Waals surface area contributed by atoms with E-state index < -0.39 is 0 Å². The third-order valence-electron chi connectivity index (χ3n) is 3.50. The molecule has 2 nitrogen and oxygen atoms in total. The number of aromatic nitrogens is 1. The van der Waals surface area contributed by atoms with Gasteiger partial charge in [-0.15, -0.1) is 0 Å². The molecule has 0 amide bonds. The van der Waals surface area contributed by atoms with Crippen molar-refractivity contribution in [3.63, 3.8) is 0 Å². The Morgan fingerprint density at radius 3 is 2.33 bits per heavy atom. The fraction of sp³-hybridized carbons (Fsp3) is 0.0526. The molecule has 2 aromatic carbocycles. The standard InChI is InChI=1S/C19H14N2/c1-14-4-6-15(7-5-14)16-8-9-17(12-20)19(11-16)18-3-2-10-21-13-18/h2-11,13H,1H3. The summed E-state index contributed by atoms with van der Waals surface area (Å²) in [5, 5.41) is 9.31. The second-order valence-corrected chi connectivity index (χ2v) is 4.98. The van der Waals surface area contributed by atoms with Gasteiger partial charge in [-0.3, -0.25) is 4.98 Å². The number of benzene rings is 2. The van der Waals surface area contributed by atoms with Gasteiger partial charge in [0.2, 0.25) is 0 Å². The highest BCUT2D eigenvalue weighted by molar-refractivity contribution is 5.77. The zero-order valence-electron chi connectivity index (χ0n) is 11.7. The lowest BCUT2D eigenvalue weighted by atomic mass is 9.95. The SMILES string of the molecule is Cc1ccc(-c2ccc(C#N)c(-c3cccnc3)c2)cc1. The molecule has 1 heterocycles.